The van der Waals surface area contributed by atoms with E-state index in [1.54, 1.807) is 6.92 Å². The van der Waals surface area contributed by atoms with Crippen LogP contribution in [0, 0.1) is 11.3 Å². The number of ketones is 3. The van der Waals surface area contributed by atoms with Crippen LogP contribution in [0.1, 0.15) is 40.0 Å². The van der Waals surface area contributed by atoms with Gasteiger partial charge in [-0.25, -0.2) is 0 Å². The molecule has 1 saturated carbocycles. The van der Waals surface area contributed by atoms with Gasteiger partial charge in [0.15, 0.2) is 17.0 Å². The molecule has 2 atom stereocenters. The largest absolute Gasteiger partial charge is 0.465 e. The molecule has 0 bridgehead atoms. The Balaban J connectivity index is 3.02. The quantitative estimate of drug-likeness (QED) is 0.542. The summed E-state index contributed by atoms with van der Waals surface area (Å²) in [6, 6.07) is 0. The third-order valence-electron chi connectivity index (χ3n) is 3.42. The maximum Gasteiger partial charge on any atom is 0.327 e. The Hall–Kier alpha value is -1.52. The molecule has 1 aliphatic rings. The Morgan fingerprint density at radius 3 is 2.39 bits per heavy atom. The van der Waals surface area contributed by atoms with Crippen molar-refractivity contribution in [3.05, 3.63) is 0 Å². The summed E-state index contributed by atoms with van der Waals surface area (Å²) < 4.78 is 4.85. The summed E-state index contributed by atoms with van der Waals surface area (Å²) in [6.07, 6.45) is 0.627. The van der Waals surface area contributed by atoms with Gasteiger partial charge >= 0.3 is 5.97 Å². The number of carbonyl (C=O) groups excluding carboxylic acids is 4. The Morgan fingerprint density at radius 2 is 1.94 bits per heavy atom. The summed E-state index contributed by atoms with van der Waals surface area (Å²) in [7, 11) is 0. The molecule has 1 rings (SSSR count). The van der Waals surface area contributed by atoms with E-state index < -0.39 is 28.9 Å². The normalized spacial score (nSPS) is 27.1. The molecule has 0 heterocycles. The molecular formula is C13H18O5. The predicted molar refractivity (Wildman–Crippen MR) is 62.8 cm³/mol. The number of carbonyl (C=O) groups is 4. The molecule has 0 aromatic rings. The van der Waals surface area contributed by atoms with Gasteiger partial charge in [0.2, 0.25) is 0 Å². The molecule has 0 aromatic heterocycles. The molecule has 18 heavy (non-hydrogen) atoms. The highest BCUT2D eigenvalue weighted by atomic mass is 16.5. The van der Waals surface area contributed by atoms with Crippen LogP contribution in [-0.2, 0) is 23.9 Å². The van der Waals surface area contributed by atoms with Crippen LogP contribution in [0.4, 0.5) is 0 Å². The molecule has 0 amide bonds. The lowest BCUT2D eigenvalue weighted by molar-refractivity contribution is -0.163. The molecule has 5 heteroatoms. The number of esters is 1. The Kier molecular flexibility index (Phi) is 4.38. The zero-order valence-corrected chi connectivity index (χ0v) is 10.9. The first-order chi connectivity index (χ1) is 8.36. The summed E-state index contributed by atoms with van der Waals surface area (Å²) in [4.78, 5) is 46.9. The monoisotopic (exact) mass is 254 g/mol. The van der Waals surface area contributed by atoms with Crippen LogP contribution in [-0.4, -0.2) is 29.9 Å². The smallest absolute Gasteiger partial charge is 0.327 e. The molecule has 1 aliphatic carbocycles. The van der Waals surface area contributed by atoms with Crippen molar-refractivity contribution >= 4 is 23.3 Å². The lowest BCUT2D eigenvalue weighted by Gasteiger charge is -2.22. The third kappa shape index (κ3) is 2.35. The SMILES string of the molecule is CCOC(=O)C1(C(C)=O)CCC(CC(C)=O)C1=O. The van der Waals surface area contributed by atoms with E-state index in [2.05, 4.69) is 0 Å². The number of hydrogen-bond acceptors (Lipinski definition) is 5. The first-order valence-electron chi connectivity index (χ1n) is 6.08. The van der Waals surface area contributed by atoms with Gasteiger partial charge in [0.05, 0.1) is 6.61 Å². The Labute approximate surface area is 106 Å². The van der Waals surface area contributed by atoms with Gasteiger partial charge in [-0.3, -0.25) is 14.4 Å². The maximum absolute atomic E-state index is 12.2. The number of hydrogen-bond donors (Lipinski definition) is 0. The molecule has 0 radical (unpaired) electrons. The highest BCUT2D eigenvalue weighted by Crippen LogP contribution is 2.41. The van der Waals surface area contributed by atoms with Crippen molar-refractivity contribution in [3.8, 4) is 0 Å². The first-order valence-corrected chi connectivity index (χ1v) is 6.08. The van der Waals surface area contributed by atoms with Crippen LogP contribution in [0.2, 0.25) is 0 Å². The highest BCUT2D eigenvalue weighted by molar-refractivity contribution is 6.23. The fourth-order valence-corrected chi connectivity index (χ4v) is 2.49. The van der Waals surface area contributed by atoms with E-state index in [-0.39, 0.29) is 25.2 Å². The van der Waals surface area contributed by atoms with Crippen LogP contribution in [0.5, 0.6) is 0 Å². The predicted octanol–water partition coefficient (Wildman–Crippen LogP) is 1.08. The molecule has 0 aromatic carbocycles. The van der Waals surface area contributed by atoms with Gasteiger partial charge in [-0.05, 0) is 33.6 Å². The number of ether oxygens (including phenoxy) is 1. The minimum Gasteiger partial charge on any atom is -0.465 e. The van der Waals surface area contributed by atoms with E-state index in [1.807, 2.05) is 0 Å². The number of Topliss-reactive ketones (excluding diaryl/α,β-unsaturated/α-hetero) is 3. The van der Waals surface area contributed by atoms with Crippen molar-refractivity contribution in [2.24, 2.45) is 11.3 Å². The summed E-state index contributed by atoms with van der Waals surface area (Å²) in [5.41, 5.74) is -1.67. The van der Waals surface area contributed by atoms with Crippen molar-refractivity contribution in [2.75, 3.05) is 6.61 Å². The van der Waals surface area contributed by atoms with Gasteiger partial charge in [0, 0.05) is 12.3 Å². The standard InChI is InChI=1S/C13H18O5/c1-4-18-12(17)13(9(3)15)6-5-10(11(13)16)7-8(2)14/h10H,4-7H2,1-3H3. The second-order valence-electron chi connectivity index (χ2n) is 4.69. The lowest BCUT2D eigenvalue weighted by atomic mass is 9.79. The fraction of sp³-hybridized carbons (Fsp3) is 0.692. The molecule has 100 valence electrons. The van der Waals surface area contributed by atoms with Gasteiger partial charge in [-0.15, -0.1) is 0 Å². The zero-order chi connectivity index (χ0) is 13.9. The van der Waals surface area contributed by atoms with Crippen molar-refractivity contribution in [2.45, 2.75) is 40.0 Å². The molecule has 0 aliphatic heterocycles. The second-order valence-corrected chi connectivity index (χ2v) is 4.69. The van der Waals surface area contributed by atoms with Crippen LogP contribution >= 0.6 is 0 Å². The minimum atomic E-state index is -1.67. The van der Waals surface area contributed by atoms with Crippen molar-refractivity contribution in [1.82, 2.24) is 0 Å². The molecule has 0 spiro atoms. The summed E-state index contributed by atoms with van der Waals surface area (Å²) in [6.45, 7) is 4.37. The maximum atomic E-state index is 12.2. The molecule has 2 unspecified atom stereocenters. The summed E-state index contributed by atoms with van der Waals surface area (Å²) >= 11 is 0. The van der Waals surface area contributed by atoms with Gasteiger partial charge in [0.25, 0.3) is 0 Å². The highest BCUT2D eigenvalue weighted by Gasteiger charge is 2.57. The van der Waals surface area contributed by atoms with Gasteiger partial charge < -0.3 is 9.53 Å². The third-order valence-corrected chi connectivity index (χ3v) is 3.42. The van der Waals surface area contributed by atoms with Crippen molar-refractivity contribution in [1.29, 1.82) is 0 Å². The van der Waals surface area contributed by atoms with Crippen LogP contribution in [0.15, 0.2) is 0 Å². The van der Waals surface area contributed by atoms with E-state index in [4.69, 9.17) is 4.74 Å². The van der Waals surface area contributed by atoms with Crippen LogP contribution in [0.25, 0.3) is 0 Å². The van der Waals surface area contributed by atoms with Gasteiger partial charge in [-0.2, -0.15) is 0 Å². The second kappa shape index (κ2) is 5.42. The first kappa shape index (κ1) is 14.5. The lowest BCUT2D eigenvalue weighted by Crippen LogP contribution is -2.44. The molecule has 1 fully saturated rings. The average molecular weight is 254 g/mol. The summed E-state index contributed by atoms with van der Waals surface area (Å²) in [5.74, 6) is -2.36. The van der Waals surface area contributed by atoms with Crippen LogP contribution in [0.3, 0.4) is 0 Å². The summed E-state index contributed by atoms with van der Waals surface area (Å²) in [5, 5.41) is 0. The molecule has 5 nitrogen and oxygen atoms in total. The van der Waals surface area contributed by atoms with Gasteiger partial charge in [-0.1, -0.05) is 0 Å². The topological polar surface area (TPSA) is 77.5 Å². The Bertz CT molecular complexity index is 398. The van der Waals surface area contributed by atoms with E-state index in [0.717, 1.165) is 0 Å². The van der Waals surface area contributed by atoms with E-state index >= 15 is 0 Å². The average Bonchev–Trinajstić information content (AvgIpc) is 2.57. The van der Waals surface area contributed by atoms with E-state index in [1.165, 1.54) is 13.8 Å². The molecular weight excluding hydrogens is 236 g/mol. The van der Waals surface area contributed by atoms with Crippen molar-refractivity contribution < 1.29 is 23.9 Å². The minimum absolute atomic E-state index is 0.0905. The molecule has 0 N–H and O–H groups in total. The van der Waals surface area contributed by atoms with Crippen LogP contribution < -0.4 is 0 Å². The van der Waals surface area contributed by atoms with E-state index in [0.29, 0.717) is 6.42 Å². The fourth-order valence-electron chi connectivity index (χ4n) is 2.49. The van der Waals surface area contributed by atoms with Gasteiger partial charge in [0.1, 0.15) is 5.78 Å². The van der Waals surface area contributed by atoms with Crippen molar-refractivity contribution in [3.63, 3.8) is 0 Å². The Morgan fingerprint density at radius 1 is 1.33 bits per heavy atom. The van der Waals surface area contributed by atoms with E-state index in [9.17, 15) is 19.2 Å². The zero-order valence-electron chi connectivity index (χ0n) is 10.9. The molecule has 0 saturated heterocycles. The number of rotatable bonds is 5.